The van der Waals surface area contributed by atoms with Gasteiger partial charge in [0.05, 0.1) is 22.9 Å². The summed E-state index contributed by atoms with van der Waals surface area (Å²) >= 11 is 6.17. The number of carbonyl (C=O) groups is 1. The highest BCUT2D eigenvalue weighted by atomic mass is 35.5. The van der Waals surface area contributed by atoms with E-state index in [-0.39, 0.29) is 4.90 Å². The van der Waals surface area contributed by atoms with E-state index in [1.54, 1.807) is 72.8 Å². The lowest BCUT2D eigenvalue weighted by atomic mass is 10.2. The van der Waals surface area contributed by atoms with Gasteiger partial charge in [-0.25, -0.2) is 8.42 Å². The van der Waals surface area contributed by atoms with Crippen LogP contribution >= 0.6 is 11.6 Å². The standard InChI is InChI=1S/C28H25ClN2O5S/c1-2-35-23-16-14-22(15-17-23)31(37(33,34)25-11-7-4-8-12-25)20-28(32)30-26-19-21(29)13-18-27(26)36-24-9-5-3-6-10-24/h3-19H,2,20H2,1H3,(H,30,32). The van der Waals surface area contributed by atoms with Crippen LogP contribution in [-0.2, 0) is 14.8 Å². The number of halogens is 1. The molecule has 4 aromatic carbocycles. The van der Waals surface area contributed by atoms with Gasteiger partial charge in [0.15, 0.2) is 5.75 Å². The van der Waals surface area contributed by atoms with Gasteiger partial charge in [-0.15, -0.1) is 0 Å². The Bertz CT molecular complexity index is 1450. The molecule has 0 bridgehead atoms. The normalized spacial score (nSPS) is 11.0. The van der Waals surface area contributed by atoms with Crippen LogP contribution in [0.3, 0.4) is 0 Å². The van der Waals surface area contributed by atoms with Crippen molar-refractivity contribution in [1.29, 1.82) is 0 Å². The van der Waals surface area contributed by atoms with Crippen molar-refractivity contribution >= 4 is 38.9 Å². The van der Waals surface area contributed by atoms with Crippen molar-refractivity contribution in [3.05, 3.63) is 108 Å². The molecule has 4 rings (SSSR count). The average Bonchev–Trinajstić information content (AvgIpc) is 2.91. The van der Waals surface area contributed by atoms with Crippen molar-refractivity contribution in [3.63, 3.8) is 0 Å². The molecule has 7 nitrogen and oxygen atoms in total. The molecule has 0 heterocycles. The molecule has 1 N–H and O–H groups in total. The zero-order valence-electron chi connectivity index (χ0n) is 20.0. The number of sulfonamides is 1. The first-order valence-electron chi connectivity index (χ1n) is 11.5. The number of rotatable bonds is 10. The quantitative estimate of drug-likeness (QED) is 0.255. The summed E-state index contributed by atoms with van der Waals surface area (Å²) in [5.41, 5.74) is 0.624. The number of anilines is 2. The Labute approximate surface area is 221 Å². The first kappa shape index (κ1) is 26.1. The zero-order chi connectivity index (χ0) is 26.3. The number of hydrogen-bond donors (Lipinski definition) is 1. The fourth-order valence-corrected chi connectivity index (χ4v) is 5.15. The number of hydrogen-bond acceptors (Lipinski definition) is 5. The molecule has 0 saturated carbocycles. The van der Waals surface area contributed by atoms with E-state index in [1.807, 2.05) is 25.1 Å². The number of amides is 1. The Morgan fingerprint density at radius 1 is 0.865 bits per heavy atom. The zero-order valence-corrected chi connectivity index (χ0v) is 21.6. The van der Waals surface area contributed by atoms with Gasteiger partial charge in [0.2, 0.25) is 5.91 Å². The highest BCUT2D eigenvalue weighted by Crippen LogP contribution is 2.32. The summed E-state index contributed by atoms with van der Waals surface area (Å²) < 4.78 is 39.6. The minimum Gasteiger partial charge on any atom is -0.494 e. The maximum atomic E-state index is 13.6. The number of ether oxygens (including phenoxy) is 2. The lowest BCUT2D eigenvalue weighted by Gasteiger charge is -2.24. The molecule has 0 aliphatic rings. The summed E-state index contributed by atoms with van der Waals surface area (Å²) in [5.74, 6) is 0.952. The molecule has 0 spiro atoms. The van der Waals surface area contributed by atoms with Crippen molar-refractivity contribution in [2.75, 3.05) is 22.8 Å². The number of carbonyl (C=O) groups excluding carboxylic acids is 1. The van der Waals surface area contributed by atoms with Crippen LogP contribution in [0.1, 0.15) is 6.92 Å². The van der Waals surface area contributed by atoms with Gasteiger partial charge in [-0.05, 0) is 73.7 Å². The second-order valence-corrected chi connectivity index (χ2v) is 10.2. The minimum absolute atomic E-state index is 0.0625. The van der Waals surface area contributed by atoms with Gasteiger partial charge in [0.25, 0.3) is 10.0 Å². The first-order chi connectivity index (χ1) is 17.9. The summed E-state index contributed by atoms with van der Waals surface area (Å²) in [7, 11) is -4.06. The highest BCUT2D eigenvalue weighted by molar-refractivity contribution is 7.92. The average molecular weight is 537 g/mol. The molecule has 1 amide bonds. The third-order valence-corrected chi connectivity index (χ3v) is 7.26. The molecule has 4 aromatic rings. The van der Waals surface area contributed by atoms with E-state index in [0.29, 0.717) is 40.3 Å². The monoisotopic (exact) mass is 536 g/mol. The van der Waals surface area contributed by atoms with E-state index in [9.17, 15) is 13.2 Å². The molecule has 9 heteroatoms. The maximum Gasteiger partial charge on any atom is 0.264 e. The second-order valence-electron chi connectivity index (χ2n) is 7.86. The molecule has 0 saturated heterocycles. The van der Waals surface area contributed by atoms with Crippen LogP contribution in [0.2, 0.25) is 5.02 Å². The molecule has 0 unspecified atom stereocenters. The minimum atomic E-state index is -4.06. The lowest BCUT2D eigenvalue weighted by molar-refractivity contribution is -0.114. The summed E-state index contributed by atoms with van der Waals surface area (Å²) in [4.78, 5) is 13.3. The van der Waals surface area contributed by atoms with Crippen molar-refractivity contribution in [2.45, 2.75) is 11.8 Å². The third kappa shape index (κ3) is 6.61. The predicted octanol–water partition coefficient (Wildman–Crippen LogP) is 6.37. The Morgan fingerprint density at radius 3 is 2.16 bits per heavy atom. The summed E-state index contributed by atoms with van der Waals surface area (Å²) in [6, 6.07) is 28.4. The Hall–Kier alpha value is -4.01. The van der Waals surface area contributed by atoms with E-state index in [2.05, 4.69) is 5.32 Å². The fourth-order valence-electron chi connectivity index (χ4n) is 3.53. The summed E-state index contributed by atoms with van der Waals surface area (Å²) in [5, 5.41) is 3.13. The summed E-state index contributed by atoms with van der Waals surface area (Å²) in [6.07, 6.45) is 0. The van der Waals surface area contributed by atoms with Gasteiger partial charge in [0, 0.05) is 5.02 Å². The summed E-state index contributed by atoms with van der Waals surface area (Å²) in [6.45, 7) is 1.85. The van der Waals surface area contributed by atoms with E-state index in [0.717, 1.165) is 4.31 Å². The number of nitrogens with one attached hydrogen (secondary N) is 1. The molecular formula is C28H25ClN2O5S. The fraction of sp³-hybridized carbons (Fsp3) is 0.107. The molecule has 0 fully saturated rings. The van der Waals surface area contributed by atoms with Gasteiger partial charge in [-0.3, -0.25) is 9.10 Å². The Balaban J connectivity index is 1.63. The SMILES string of the molecule is CCOc1ccc(N(CC(=O)Nc2cc(Cl)ccc2Oc2ccccc2)S(=O)(=O)c2ccccc2)cc1. The van der Waals surface area contributed by atoms with Crippen LogP contribution in [0.4, 0.5) is 11.4 Å². The lowest BCUT2D eigenvalue weighted by Crippen LogP contribution is -2.38. The van der Waals surface area contributed by atoms with Gasteiger partial charge in [0.1, 0.15) is 18.0 Å². The maximum absolute atomic E-state index is 13.6. The van der Waals surface area contributed by atoms with Crippen LogP contribution in [0.5, 0.6) is 17.2 Å². The Kier molecular flexibility index (Phi) is 8.32. The predicted molar refractivity (Wildman–Crippen MR) is 145 cm³/mol. The van der Waals surface area contributed by atoms with Gasteiger partial charge < -0.3 is 14.8 Å². The molecule has 0 radical (unpaired) electrons. The van der Waals surface area contributed by atoms with Crippen LogP contribution in [-0.4, -0.2) is 27.5 Å². The molecule has 0 aliphatic heterocycles. The number of para-hydroxylation sites is 1. The van der Waals surface area contributed by atoms with Crippen LogP contribution in [0.15, 0.2) is 108 Å². The van der Waals surface area contributed by atoms with E-state index in [1.165, 1.54) is 12.1 Å². The van der Waals surface area contributed by atoms with Gasteiger partial charge in [-0.2, -0.15) is 0 Å². The van der Waals surface area contributed by atoms with Gasteiger partial charge >= 0.3 is 0 Å². The first-order valence-corrected chi connectivity index (χ1v) is 13.3. The van der Waals surface area contributed by atoms with Crippen molar-refractivity contribution in [1.82, 2.24) is 0 Å². The molecule has 0 aliphatic carbocycles. The molecule has 0 aromatic heterocycles. The topological polar surface area (TPSA) is 84.9 Å². The highest BCUT2D eigenvalue weighted by Gasteiger charge is 2.27. The van der Waals surface area contributed by atoms with Crippen LogP contribution in [0, 0.1) is 0 Å². The molecule has 0 atom stereocenters. The number of benzene rings is 4. The smallest absolute Gasteiger partial charge is 0.264 e. The Morgan fingerprint density at radius 2 is 1.51 bits per heavy atom. The van der Waals surface area contributed by atoms with Crippen LogP contribution in [0.25, 0.3) is 0 Å². The van der Waals surface area contributed by atoms with Crippen LogP contribution < -0.4 is 19.1 Å². The molecule has 190 valence electrons. The van der Waals surface area contributed by atoms with Crippen molar-refractivity contribution < 1.29 is 22.7 Å². The van der Waals surface area contributed by atoms with E-state index in [4.69, 9.17) is 21.1 Å². The second kappa shape index (κ2) is 11.8. The number of nitrogens with zero attached hydrogens (tertiary/aromatic N) is 1. The van der Waals surface area contributed by atoms with Gasteiger partial charge in [-0.1, -0.05) is 48.0 Å². The third-order valence-electron chi connectivity index (χ3n) is 5.24. The van der Waals surface area contributed by atoms with E-state index < -0.39 is 22.5 Å². The molecule has 37 heavy (non-hydrogen) atoms. The van der Waals surface area contributed by atoms with E-state index >= 15 is 0 Å². The van der Waals surface area contributed by atoms with Crippen molar-refractivity contribution in [2.24, 2.45) is 0 Å². The largest absolute Gasteiger partial charge is 0.494 e. The van der Waals surface area contributed by atoms with Crippen molar-refractivity contribution in [3.8, 4) is 17.2 Å². The molecular weight excluding hydrogens is 512 g/mol.